The Hall–Kier alpha value is -0.610. The molecule has 3 N–H and O–H groups in total. The van der Waals surface area contributed by atoms with Crippen molar-refractivity contribution in [1.29, 1.82) is 0 Å². The fourth-order valence-corrected chi connectivity index (χ4v) is 0.267. The Bertz CT molecular complexity index is 370. The van der Waals surface area contributed by atoms with E-state index >= 15 is 0 Å². The monoisotopic (exact) mass is 157 g/mol. The van der Waals surface area contributed by atoms with Crippen LogP contribution in [-0.4, -0.2) is 33.4 Å². The third-order valence-corrected chi connectivity index (χ3v) is 0.525. The molecule has 0 unspecified atom stereocenters. The lowest BCUT2D eigenvalue weighted by atomic mass is 9.99. The van der Waals surface area contributed by atoms with Gasteiger partial charge in [-0.2, -0.15) is 0 Å². The summed E-state index contributed by atoms with van der Waals surface area (Å²) in [6.07, 6.45) is -8.22. The van der Waals surface area contributed by atoms with Gasteiger partial charge >= 0.3 is 5.97 Å². The third-order valence-electron chi connectivity index (χ3n) is 0.525. The summed E-state index contributed by atoms with van der Waals surface area (Å²) >= 11 is 0. The number of hydrogen-bond acceptors (Lipinski definition) is 3. The Balaban J connectivity index is 6.38. The molecule has 0 aromatic carbocycles. The van der Waals surface area contributed by atoms with E-state index in [-0.39, 0.29) is 0 Å². The highest BCUT2D eigenvalue weighted by Crippen LogP contribution is 2.12. The lowest BCUT2D eigenvalue weighted by molar-refractivity contribution is -0.142. The van der Waals surface area contributed by atoms with Gasteiger partial charge in [0.2, 0.25) is 0 Å². The number of carboxylic acids is 1. The van der Waals surface area contributed by atoms with Crippen molar-refractivity contribution in [2.45, 2.75) is 25.2 Å². The summed E-state index contributed by atoms with van der Waals surface area (Å²) < 4.78 is 62.8. The van der Waals surface area contributed by atoms with Gasteiger partial charge in [-0.05, 0) is 13.2 Å². The summed E-state index contributed by atoms with van der Waals surface area (Å²) in [5.41, 5.74) is -4.32. The molecular formula is C6H12O4. The number of aliphatic hydroxyl groups is 2. The largest absolute Gasteiger partial charge is 0.481 e. The van der Waals surface area contributed by atoms with Crippen LogP contribution in [0.4, 0.5) is 0 Å². The quantitative estimate of drug-likeness (QED) is 0.518. The van der Waals surface area contributed by atoms with Crippen LogP contribution in [0, 0.1) is 0 Å². The maximum Gasteiger partial charge on any atom is 0.306 e. The molecule has 0 saturated heterocycles. The average molecular weight is 157 g/mol. The van der Waals surface area contributed by atoms with E-state index in [0.717, 1.165) is 0 Å². The van der Waals surface area contributed by atoms with E-state index in [9.17, 15) is 9.90 Å². The second-order valence-corrected chi connectivity index (χ2v) is 1.38. The van der Waals surface area contributed by atoms with Gasteiger partial charge in [-0.25, -0.2) is 0 Å². The van der Waals surface area contributed by atoms with E-state index in [1.807, 2.05) is 0 Å². The van der Waals surface area contributed by atoms with Gasteiger partial charge in [-0.15, -0.1) is 0 Å². The van der Waals surface area contributed by atoms with E-state index in [1.165, 1.54) is 0 Å². The number of carboxylic acid groups (broad SMARTS) is 1. The Kier molecular flexibility index (Phi) is 0.772. The molecular weight excluding hydrogens is 136 g/mol. The zero-order valence-corrected chi connectivity index (χ0v) is 4.75. The highest BCUT2D eigenvalue weighted by molar-refractivity contribution is 5.67. The third kappa shape index (κ3) is 4.29. The average Bonchev–Trinajstić information content (AvgIpc) is 2.11. The van der Waals surface area contributed by atoms with Crippen molar-refractivity contribution in [2.75, 3.05) is 6.56 Å². The van der Waals surface area contributed by atoms with Gasteiger partial charge in [0.1, 0.15) is 0 Å². The van der Waals surface area contributed by atoms with Crippen molar-refractivity contribution in [3.63, 3.8) is 0 Å². The van der Waals surface area contributed by atoms with Crippen LogP contribution in [0.2, 0.25) is 0 Å². The number of aliphatic carboxylic acids is 1. The Morgan fingerprint density at radius 2 is 2.50 bits per heavy atom. The molecule has 0 heterocycles. The number of rotatable bonds is 4. The molecule has 4 nitrogen and oxygen atoms in total. The van der Waals surface area contributed by atoms with E-state index in [1.54, 1.807) is 0 Å². The summed E-state index contributed by atoms with van der Waals surface area (Å²) in [6.45, 7) is -7.96. The lowest BCUT2D eigenvalue weighted by Gasteiger charge is -2.18. The predicted octanol–water partition coefficient (Wildman–Crippen LogP) is -0.406. The minimum absolute atomic E-state index is 2.51. The first-order valence-electron chi connectivity index (χ1n) is 6.62. The highest BCUT2D eigenvalue weighted by atomic mass is 16.4. The summed E-state index contributed by atoms with van der Waals surface area (Å²) in [6, 6.07) is 0. The first-order chi connectivity index (χ1) is 7.94. The van der Waals surface area contributed by atoms with Gasteiger partial charge in [0.25, 0.3) is 0 Å². The van der Waals surface area contributed by atoms with Crippen LogP contribution in [0.3, 0.4) is 0 Å². The molecule has 1 atom stereocenters. The van der Waals surface area contributed by atoms with Crippen molar-refractivity contribution in [3.8, 4) is 0 Å². The van der Waals surface area contributed by atoms with Crippen molar-refractivity contribution >= 4 is 5.97 Å². The zero-order chi connectivity index (χ0) is 16.1. The first-order valence-corrected chi connectivity index (χ1v) is 2.12. The molecule has 0 fully saturated rings. The fraction of sp³-hybridized carbons (Fsp3) is 0.833. The van der Waals surface area contributed by atoms with Crippen molar-refractivity contribution < 1.29 is 32.5 Å². The Labute approximate surface area is 71.8 Å². The Morgan fingerprint density at radius 1 is 1.90 bits per heavy atom. The molecule has 0 aliphatic rings. The van der Waals surface area contributed by atoms with Crippen LogP contribution in [0.5, 0.6) is 0 Å². The van der Waals surface area contributed by atoms with Gasteiger partial charge in [0.05, 0.1) is 14.7 Å². The molecule has 0 bridgehead atoms. The fourth-order valence-electron chi connectivity index (χ4n) is 0.267. The number of hydrogen-bond donors (Lipinski definition) is 3. The number of carbonyl (C=O) groups is 1. The second kappa shape index (κ2) is 3.53. The topological polar surface area (TPSA) is 77.8 Å². The molecule has 0 aliphatic heterocycles. The van der Waals surface area contributed by atoms with E-state index in [4.69, 9.17) is 22.5 Å². The van der Waals surface area contributed by atoms with Gasteiger partial charge in [0.15, 0.2) is 0 Å². The molecule has 0 aromatic rings. The standard InChI is InChI=1S/C6H12O4/c1-6(10,2-3-7)4-5(8)9/h7,10H,2-4H2,1H3,(H,8,9)/t6-/m1/s1/i1D3,2D2,3D2,4D2. The molecule has 10 heavy (non-hydrogen) atoms. The minimum Gasteiger partial charge on any atom is -0.481 e. The molecule has 0 rings (SSSR count). The molecule has 4 heteroatoms. The SMILES string of the molecule is [2H]C([2H])(O)C([2H])([2H])[C@](O)(C([2H])([2H])[2H])C([2H])([2H])C(=O)O. The maximum absolute atomic E-state index is 10.7. The maximum atomic E-state index is 10.7. The molecule has 0 radical (unpaired) electrons. The lowest BCUT2D eigenvalue weighted by Crippen LogP contribution is -2.28. The van der Waals surface area contributed by atoms with Crippen LogP contribution in [0.1, 0.15) is 31.9 Å². The smallest absolute Gasteiger partial charge is 0.306 e. The summed E-state index contributed by atoms with van der Waals surface area (Å²) in [5, 5.41) is 27.4. The predicted molar refractivity (Wildman–Crippen MR) is 34.6 cm³/mol. The van der Waals surface area contributed by atoms with Crippen LogP contribution >= 0.6 is 0 Å². The summed E-state index contributed by atoms with van der Waals surface area (Å²) in [5.74, 6) is -2.51. The van der Waals surface area contributed by atoms with Gasteiger partial charge in [-0.3, -0.25) is 4.79 Å². The summed E-state index contributed by atoms with van der Waals surface area (Å²) in [4.78, 5) is 10.7. The van der Waals surface area contributed by atoms with Gasteiger partial charge in [0, 0.05) is 16.2 Å². The molecule has 0 saturated carbocycles. The van der Waals surface area contributed by atoms with Crippen LogP contribution < -0.4 is 0 Å². The van der Waals surface area contributed by atoms with Crippen molar-refractivity contribution in [1.82, 2.24) is 0 Å². The van der Waals surface area contributed by atoms with Crippen molar-refractivity contribution in [3.05, 3.63) is 0 Å². The van der Waals surface area contributed by atoms with Crippen molar-refractivity contribution in [2.24, 2.45) is 0 Å². The first kappa shape index (κ1) is 2.19. The van der Waals surface area contributed by atoms with E-state index in [2.05, 4.69) is 0 Å². The van der Waals surface area contributed by atoms with Crippen LogP contribution in [0.25, 0.3) is 0 Å². The van der Waals surface area contributed by atoms with Gasteiger partial charge in [-0.1, -0.05) is 0 Å². The van der Waals surface area contributed by atoms with Crippen LogP contribution in [0.15, 0.2) is 0 Å². The van der Waals surface area contributed by atoms with E-state index < -0.39 is 37.7 Å². The Morgan fingerprint density at radius 3 is 2.80 bits per heavy atom. The second-order valence-electron chi connectivity index (χ2n) is 1.38. The molecule has 0 aliphatic carbocycles. The minimum atomic E-state index is -4.32. The molecule has 60 valence electrons. The normalized spacial score (nSPS) is 35.2. The molecule has 0 amide bonds. The molecule has 0 spiro atoms. The van der Waals surface area contributed by atoms with E-state index in [0.29, 0.717) is 0 Å². The zero-order valence-electron chi connectivity index (χ0n) is 13.7. The summed E-state index contributed by atoms with van der Waals surface area (Å²) in [7, 11) is 0. The van der Waals surface area contributed by atoms with Crippen LogP contribution in [-0.2, 0) is 4.79 Å². The highest BCUT2D eigenvalue weighted by Gasteiger charge is 2.22. The molecule has 0 aromatic heterocycles. The van der Waals surface area contributed by atoms with Gasteiger partial charge < -0.3 is 15.3 Å².